The maximum Gasteiger partial charge on any atom is 0.217 e. The highest BCUT2D eigenvalue weighted by molar-refractivity contribution is 14.0. The minimum absolute atomic E-state index is 0. The van der Waals surface area contributed by atoms with Gasteiger partial charge in [0.15, 0.2) is 5.96 Å². The van der Waals surface area contributed by atoms with Gasteiger partial charge in [-0.15, -0.1) is 24.0 Å². The summed E-state index contributed by atoms with van der Waals surface area (Å²) in [5.74, 6) is 1.08. The van der Waals surface area contributed by atoms with E-state index in [2.05, 4.69) is 32.0 Å². The molecule has 0 saturated carbocycles. The van der Waals surface area contributed by atoms with Crippen molar-refractivity contribution < 1.29 is 4.79 Å². The number of guanidine groups is 1. The Morgan fingerprint density at radius 1 is 1.59 bits per heavy atom. The fraction of sp³-hybridized carbons (Fsp3) is 0.600. The molecule has 1 amide bonds. The summed E-state index contributed by atoms with van der Waals surface area (Å²) in [6.45, 7) is 2.73. The second-order valence-corrected chi connectivity index (χ2v) is 6.26. The van der Waals surface area contributed by atoms with Gasteiger partial charge in [-0.3, -0.25) is 9.79 Å². The van der Waals surface area contributed by atoms with Crippen molar-refractivity contribution in [2.75, 3.05) is 26.7 Å². The molecule has 0 aromatic carbocycles. The van der Waals surface area contributed by atoms with Crippen LogP contribution in [0, 0.1) is 5.92 Å². The second-order valence-electron chi connectivity index (χ2n) is 5.48. The molecule has 3 N–H and O–H groups in total. The highest BCUT2D eigenvalue weighted by Crippen LogP contribution is 2.19. The fourth-order valence-corrected chi connectivity index (χ4v) is 3.50. The molecule has 7 heteroatoms. The standard InChI is InChI=1S/C15H24N4OS.HI/c1-17-15(18-6-4-12-5-8-21-11-12)19-7-2-3-13(10-19)9-14(16)20;/h5,8,11,13H,2-4,6-7,9-10H2,1H3,(H2,16,20)(H,17,18);1H. The average molecular weight is 436 g/mol. The molecule has 1 atom stereocenters. The predicted molar refractivity (Wildman–Crippen MR) is 103 cm³/mol. The van der Waals surface area contributed by atoms with E-state index in [1.165, 1.54) is 5.56 Å². The Bertz CT molecular complexity index is 478. The molecule has 1 fully saturated rings. The van der Waals surface area contributed by atoms with Crippen LogP contribution in [-0.2, 0) is 11.2 Å². The molecule has 0 spiro atoms. The summed E-state index contributed by atoms with van der Waals surface area (Å²) < 4.78 is 0. The number of halogens is 1. The van der Waals surface area contributed by atoms with E-state index in [9.17, 15) is 4.79 Å². The number of likely N-dealkylation sites (tertiary alicyclic amines) is 1. The van der Waals surface area contributed by atoms with Gasteiger partial charge in [0, 0.05) is 33.1 Å². The molecule has 1 unspecified atom stereocenters. The normalized spacial score (nSPS) is 18.7. The zero-order chi connectivity index (χ0) is 15.1. The Labute approximate surface area is 153 Å². The summed E-state index contributed by atoms with van der Waals surface area (Å²) >= 11 is 1.73. The lowest BCUT2D eigenvalue weighted by Gasteiger charge is -2.34. The van der Waals surface area contributed by atoms with E-state index in [-0.39, 0.29) is 29.9 Å². The maximum absolute atomic E-state index is 11.1. The number of rotatable bonds is 5. The molecule has 1 aromatic rings. The molecule has 1 saturated heterocycles. The molecule has 5 nitrogen and oxygen atoms in total. The van der Waals surface area contributed by atoms with Crippen LogP contribution in [0.25, 0.3) is 0 Å². The number of carbonyl (C=O) groups excluding carboxylic acids is 1. The minimum atomic E-state index is -0.206. The van der Waals surface area contributed by atoms with E-state index in [1.807, 2.05) is 7.05 Å². The number of aliphatic imine (C=N–C) groups is 1. The predicted octanol–water partition coefficient (Wildman–Crippen LogP) is 2.07. The number of nitrogens with zero attached hydrogens (tertiary/aromatic N) is 2. The number of thiophene rings is 1. The van der Waals surface area contributed by atoms with Crippen LogP contribution in [0.15, 0.2) is 21.8 Å². The zero-order valence-corrected chi connectivity index (χ0v) is 16.1. The number of piperidine rings is 1. The molecule has 1 aromatic heterocycles. The van der Waals surface area contributed by atoms with Gasteiger partial charge in [-0.2, -0.15) is 11.3 Å². The van der Waals surface area contributed by atoms with E-state index >= 15 is 0 Å². The molecule has 2 heterocycles. The number of nitrogens with two attached hydrogens (primary N) is 1. The Morgan fingerprint density at radius 2 is 2.41 bits per heavy atom. The van der Waals surface area contributed by atoms with E-state index in [1.54, 1.807) is 11.3 Å². The van der Waals surface area contributed by atoms with Crippen molar-refractivity contribution in [3.8, 4) is 0 Å². The van der Waals surface area contributed by atoms with Gasteiger partial charge < -0.3 is 16.0 Å². The molecule has 1 aliphatic heterocycles. The lowest BCUT2D eigenvalue weighted by Crippen LogP contribution is -2.47. The summed E-state index contributed by atoms with van der Waals surface area (Å²) in [4.78, 5) is 17.7. The molecule has 0 bridgehead atoms. The molecular weight excluding hydrogens is 411 g/mol. The van der Waals surface area contributed by atoms with E-state index in [0.717, 1.165) is 44.9 Å². The molecule has 0 radical (unpaired) electrons. The highest BCUT2D eigenvalue weighted by Gasteiger charge is 2.23. The Balaban J connectivity index is 0.00000242. The molecule has 124 valence electrons. The monoisotopic (exact) mass is 436 g/mol. The van der Waals surface area contributed by atoms with Gasteiger partial charge in [0.2, 0.25) is 5.91 Å². The maximum atomic E-state index is 11.1. The summed E-state index contributed by atoms with van der Waals surface area (Å²) in [5, 5.41) is 7.69. The van der Waals surface area contributed by atoms with Crippen molar-refractivity contribution in [1.82, 2.24) is 10.2 Å². The van der Waals surface area contributed by atoms with Crippen molar-refractivity contribution >= 4 is 47.2 Å². The van der Waals surface area contributed by atoms with Crippen LogP contribution in [0.2, 0.25) is 0 Å². The summed E-state index contributed by atoms with van der Waals surface area (Å²) in [6.07, 6.45) is 3.64. The third kappa shape index (κ3) is 6.12. The Morgan fingerprint density at radius 3 is 3.05 bits per heavy atom. The zero-order valence-electron chi connectivity index (χ0n) is 13.0. The van der Waals surface area contributed by atoms with E-state index < -0.39 is 0 Å². The third-order valence-corrected chi connectivity index (χ3v) is 4.53. The lowest BCUT2D eigenvalue weighted by atomic mass is 9.95. The first-order valence-electron chi connectivity index (χ1n) is 7.44. The molecule has 2 rings (SSSR count). The molecule has 0 aliphatic carbocycles. The Kier molecular flexibility index (Phi) is 8.77. The van der Waals surface area contributed by atoms with Crippen LogP contribution in [0.1, 0.15) is 24.8 Å². The van der Waals surface area contributed by atoms with Crippen LogP contribution < -0.4 is 11.1 Å². The van der Waals surface area contributed by atoms with Crippen LogP contribution in [0.3, 0.4) is 0 Å². The number of primary amides is 1. The average Bonchev–Trinajstić information content (AvgIpc) is 2.96. The van der Waals surface area contributed by atoms with E-state index in [4.69, 9.17) is 5.73 Å². The molecular formula is C15H25IN4OS. The van der Waals surface area contributed by atoms with Crippen LogP contribution in [-0.4, -0.2) is 43.4 Å². The van der Waals surface area contributed by atoms with Gasteiger partial charge in [-0.05, 0) is 47.6 Å². The van der Waals surface area contributed by atoms with Crippen molar-refractivity contribution in [2.45, 2.75) is 25.7 Å². The van der Waals surface area contributed by atoms with Crippen molar-refractivity contribution in [3.05, 3.63) is 22.4 Å². The smallest absolute Gasteiger partial charge is 0.217 e. The first-order chi connectivity index (χ1) is 10.2. The number of hydrogen-bond acceptors (Lipinski definition) is 3. The van der Waals surface area contributed by atoms with Gasteiger partial charge >= 0.3 is 0 Å². The third-order valence-electron chi connectivity index (χ3n) is 3.80. The van der Waals surface area contributed by atoms with Gasteiger partial charge in [0.1, 0.15) is 0 Å². The number of carbonyl (C=O) groups is 1. The van der Waals surface area contributed by atoms with Gasteiger partial charge in [0.25, 0.3) is 0 Å². The number of amides is 1. The number of hydrogen-bond donors (Lipinski definition) is 2. The van der Waals surface area contributed by atoms with Gasteiger partial charge in [0.05, 0.1) is 0 Å². The fourth-order valence-electron chi connectivity index (χ4n) is 2.79. The van der Waals surface area contributed by atoms with Gasteiger partial charge in [-0.1, -0.05) is 0 Å². The SMILES string of the molecule is CN=C(NCCc1ccsc1)N1CCCC(CC(N)=O)C1.I. The van der Waals surface area contributed by atoms with E-state index in [0.29, 0.717) is 12.3 Å². The molecule has 1 aliphatic rings. The highest BCUT2D eigenvalue weighted by atomic mass is 127. The van der Waals surface area contributed by atoms with Crippen LogP contribution >= 0.6 is 35.3 Å². The summed E-state index contributed by atoms with van der Waals surface area (Å²) in [6, 6.07) is 2.15. The van der Waals surface area contributed by atoms with Crippen molar-refractivity contribution in [1.29, 1.82) is 0 Å². The largest absolute Gasteiger partial charge is 0.370 e. The second kappa shape index (κ2) is 10.0. The van der Waals surface area contributed by atoms with Crippen molar-refractivity contribution in [2.24, 2.45) is 16.6 Å². The van der Waals surface area contributed by atoms with Gasteiger partial charge in [-0.25, -0.2) is 0 Å². The first-order valence-corrected chi connectivity index (χ1v) is 8.38. The number of nitrogens with one attached hydrogen (secondary N) is 1. The van der Waals surface area contributed by atoms with Crippen LogP contribution in [0.4, 0.5) is 0 Å². The van der Waals surface area contributed by atoms with Crippen molar-refractivity contribution in [3.63, 3.8) is 0 Å². The topological polar surface area (TPSA) is 70.7 Å². The first kappa shape index (κ1) is 19.2. The minimum Gasteiger partial charge on any atom is -0.370 e. The lowest BCUT2D eigenvalue weighted by molar-refractivity contribution is -0.119. The summed E-state index contributed by atoms with van der Waals surface area (Å²) in [5.41, 5.74) is 6.66. The Hall–Kier alpha value is -0.830. The molecule has 22 heavy (non-hydrogen) atoms. The quantitative estimate of drug-likeness (QED) is 0.422. The summed E-state index contributed by atoms with van der Waals surface area (Å²) in [7, 11) is 1.81. The van der Waals surface area contributed by atoms with Crippen LogP contribution in [0.5, 0.6) is 0 Å².